The van der Waals surface area contributed by atoms with E-state index < -0.39 is 5.60 Å². The first-order chi connectivity index (χ1) is 15.5. The van der Waals surface area contributed by atoms with Crippen molar-refractivity contribution in [1.29, 1.82) is 0 Å². The number of ketones is 1. The maximum Gasteiger partial charge on any atom is 0.187 e. The molecule has 1 spiro atoms. The number of aryl methyl sites for hydroxylation is 1. The Bertz CT molecular complexity index is 1100. The average molecular weight is 442 g/mol. The summed E-state index contributed by atoms with van der Waals surface area (Å²) in [6.07, 6.45) is 5.07. The molecule has 2 aliphatic rings. The summed E-state index contributed by atoms with van der Waals surface area (Å²) in [4.78, 5) is 19.9. The Morgan fingerprint density at radius 3 is 1.88 bits per heavy atom. The highest BCUT2D eigenvalue weighted by Gasteiger charge is 2.52. The summed E-state index contributed by atoms with van der Waals surface area (Å²) in [5, 5.41) is 4.67. The van der Waals surface area contributed by atoms with Crippen molar-refractivity contribution >= 4 is 11.5 Å². The smallest absolute Gasteiger partial charge is 0.187 e. The van der Waals surface area contributed by atoms with Crippen molar-refractivity contribution in [1.82, 2.24) is 0 Å². The summed E-state index contributed by atoms with van der Waals surface area (Å²) in [6, 6.07) is 19.0. The zero-order chi connectivity index (χ0) is 24.0. The summed E-state index contributed by atoms with van der Waals surface area (Å²) in [5.41, 5.74) is 4.45. The summed E-state index contributed by atoms with van der Waals surface area (Å²) >= 11 is 0. The quantitative estimate of drug-likeness (QED) is 0.513. The van der Waals surface area contributed by atoms with E-state index in [1.165, 1.54) is 5.56 Å². The van der Waals surface area contributed by atoms with Crippen LogP contribution in [0.5, 0.6) is 0 Å². The van der Waals surface area contributed by atoms with Gasteiger partial charge in [-0.15, -0.1) is 0 Å². The molecule has 172 valence electrons. The van der Waals surface area contributed by atoms with Gasteiger partial charge in [0.1, 0.15) is 0 Å². The van der Waals surface area contributed by atoms with Crippen molar-refractivity contribution in [2.24, 2.45) is 16.0 Å². The minimum absolute atomic E-state index is 0.108. The second-order valence-corrected chi connectivity index (χ2v) is 11.3. The van der Waals surface area contributed by atoms with Crippen LogP contribution >= 0.6 is 0 Å². The third-order valence-corrected chi connectivity index (χ3v) is 6.66. The molecule has 3 heteroatoms. The fraction of sp³-hybridized carbons (Fsp3) is 0.400. The minimum Gasteiger partial charge on any atom is -0.379 e. The molecule has 0 bridgehead atoms. The summed E-state index contributed by atoms with van der Waals surface area (Å²) in [6.45, 7) is 14.7. The van der Waals surface area contributed by atoms with Crippen molar-refractivity contribution in [3.63, 3.8) is 0 Å². The van der Waals surface area contributed by atoms with Gasteiger partial charge in [0.2, 0.25) is 0 Å². The maximum atomic E-state index is 13.6. The van der Waals surface area contributed by atoms with Gasteiger partial charge in [-0.1, -0.05) is 108 Å². The molecule has 0 fully saturated rings. The van der Waals surface area contributed by atoms with Crippen molar-refractivity contribution < 1.29 is 9.63 Å². The molecule has 0 N–H and O–H groups in total. The third kappa shape index (κ3) is 4.21. The summed E-state index contributed by atoms with van der Waals surface area (Å²) < 4.78 is 0. The zero-order valence-corrected chi connectivity index (χ0v) is 20.9. The highest BCUT2D eigenvalue weighted by molar-refractivity contribution is 6.13. The van der Waals surface area contributed by atoms with Crippen LogP contribution in [0.4, 0.5) is 0 Å². The molecule has 1 heterocycles. The molecular weight excluding hydrogens is 406 g/mol. The van der Waals surface area contributed by atoms with Crippen molar-refractivity contribution in [3.05, 3.63) is 94.6 Å². The standard InChI is InChI=1S/C30H35NO2/c1-8-20-14-16-22(17-15-20)26-25(21-12-10-9-11-13-21)30(33-31-26)18-23(28(2,3)4)27(32)24(19-30)29(5,6)7/h9-19,25H,8H2,1-7H3. The van der Waals surface area contributed by atoms with Crippen LogP contribution in [-0.4, -0.2) is 17.1 Å². The molecule has 0 aromatic heterocycles. The predicted molar refractivity (Wildman–Crippen MR) is 135 cm³/mol. The Labute approximate surface area is 198 Å². The molecule has 1 aliphatic carbocycles. The fourth-order valence-corrected chi connectivity index (χ4v) is 4.74. The van der Waals surface area contributed by atoms with Gasteiger partial charge in [-0.05, 0) is 40.5 Å². The van der Waals surface area contributed by atoms with Crippen LogP contribution in [0.2, 0.25) is 0 Å². The number of rotatable bonds is 3. The monoisotopic (exact) mass is 441 g/mol. The lowest BCUT2D eigenvalue weighted by atomic mass is 9.65. The van der Waals surface area contributed by atoms with Crippen LogP contribution < -0.4 is 0 Å². The molecule has 0 saturated heterocycles. The van der Waals surface area contributed by atoms with Crippen molar-refractivity contribution in [2.45, 2.75) is 66.4 Å². The highest BCUT2D eigenvalue weighted by atomic mass is 16.7. The largest absolute Gasteiger partial charge is 0.379 e. The van der Waals surface area contributed by atoms with E-state index >= 15 is 0 Å². The Kier molecular flexibility index (Phi) is 5.72. The van der Waals surface area contributed by atoms with Crippen LogP contribution in [0.1, 0.15) is 71.1 Å². The van der Waals surface area contributed by atoms with Crippen LogP contribution in [0.25, 0.3) is 0 Å². The molecular formula is C30H35NO2. The Morgan fingerprint density at radius 2 is 1.39 bits per heavy atom. The van der Waals surface area contributed by atoms with Gasteiger partial charge in [0, 0.05) is 16.7 Å². The molecule has 2 aromatic carbocycles. The van der Waals surface area contributed by atoms with Gasteiger partial charge in [0.05, 0.1) is 11.6 Å². The number of hydrogen-bond donors (Lipinski definition) is 0. The van der Waals surface area contributed by atoms with Gasteiger partial charge >= 0.3 is 0 Å². The normalized spacial score (nSPS) is 20.3. The van der Waals surface area contributed by atoms with Crippen LogP contribution in [0.3, 0.4) is 0 Å². The number of oxime groups is 1. The lowest BCUT2D eigenvalue weighted by Gasteiger charge is -2.38. The first-order valence-electron chi connectivity index (χ1n) is 11.9. The topological polar surface area (TPSA) is 38.7 Å². The second kappa shape index (κ2) is 8.13. The Morgan fingerprint density at radius 1 is 0.848 bits per heavy atom. The molecule has 3 nitrogen and oxygen atoms in total. The molecule has 0 saturated carbocycles. The Hall–Kier alpha value is -2.94. The maximum absolute atomic E-state index is 13.6. The first-order valence-corrected chi connectivity index (χ1v) is 11.9. The van der Waals surface area contributed by atoms with Crippen LogP contribution in [0.15, 0.2) is 83.1 Å². The van der Waals surface area contributed by atoms with E-state index in [1.54, 1.807) is 0 Å². The molecule has 33 heavy (non-hydrogen) atoms. The van der Waals surface area contributed by atoms with Crippen LogP contribution in [-0.2, 0) is 16.1 Å². The minimum atomic E-state index is -0.848. The van der Waals surface area contributed by atoms with Gasteiger partial charge in [-0.2, -0.15) is 0 Å². The lowest BCUT2D eigenvalue weighted by molar-refractivity contribution is -0.114. The molecule has 1 aliphatic heterocycles. The number of benzene rings is 2. The van der Waals surface area contributed by atoms with Crippen molar-refractivity contribution in [3.8, 4) is 0 Å². The average Bonchev–Trinajstić information content (AvgIpc) is 3.13. The van der Waals surface area contributed by atoms with Crippen LogP contribution in [0, 0.1) is 10.8 Å². The van der Waals surface area contributed by atoms with Gasteiger partial charge in [0.25, 0.3) is 0 Å². The number of carbonyl (C=O) groups excluding carboxylic acids is 1. The van der Waals surface area contributed by atoms with Gasteiger partial charge < -0.3 is 4.84 Å². The van der Waals surface area contributed by atoms with E-state index in [0.717, 1.165) is 34.4 Å². The molecule has 0 radical (unpaired) electrons. The predicted octanol–water partition coefficient (Wildman–Crippen LogP) is 7.03. The van der Waals surface area contributed by atoms with Crippen molar-refractivity contribution in [2.75, 3.05) is 0 Å². The second-order valence-electron chi connectivity index (χ2n) is 11.3. The van der Waals surface area contributed by atoms with E-state index in [9.17, 15) is 4.79 Å². The Balaban J connectivity index is 1.94. The number of hydrogen-bond acceptors (Lipinski definition) is 3. The summed E-state index contributed by atoms with van der Waals surface area (Å²) in [7, 11) is 0. The molecule has 4 rings (SSSR count). The van der Waals surface area contributed by atoms with Gasteiger partial charge in [-0.3, -0.25) is 4.79 Å². The van der Waals surface area contributed by atoms with E-state index in [4.69, 9.17) is 4.84 Å². The number of nitrogens with zero attached hydrogens (tertiary/aromatic N) is 1. The molecule has 1 atom stereocenters. The molecule has 0 amide bonds. The number of carbonyl (C=O) groups is 1. The lowest BCUT2D eigenvalue weighted by Crippen LogP contribution is -2.41. The molecule has 1 unspecified atom stereocenters. The van der Waals surface area contributed by atoms with Gasteiger partial charge in [-0.25, -0.2) is 0 Å². The zero-order valence-electron chi connectivity index (χ0n) is 20.9. The van der Waals surface area contributed by atoms with E-state index in [0.29, 0.717) is 0 Å². The van der Waals surface area contributed by atoms with Gasteiger partial charge in [0.15, 0.2) is 11.4 Å². The third-order valence-electron chi connectivity index (χ3n) is 6.66. The fourth-order valence-electron chi connectivity index (χ4n) is 4.74. The first kappa shape index (κ1) is 23.2. The number of allylic oxidation sites excluding steroid dienone is 2. The SMILES string of the molecule is CCc1ccc(C2=NOC3(C=C(C(C)(C)C)C(=O)C(C(C)(C)C)=C3)C2c2ccccc2)cc1. The van der Waals surface area contributed by atoms with E-state index in [-0.39, 0.29) is 22.5 Å². The number of Topliss-reactive ketones (excluding diaryl/α,β-unsaturated/α-hetero) is 1. The van der Waals surface area contributed by atoms with E-state index in [1.807, 2.05) is 18.2 Å². The summed E-state index contributed by atoms with van der Waals surface area (Å²) in [5.74, 6) is -0.0502. The highest BCUT2D eigenvalue weighted by Crippen LogP contribution is 2.49. The van der Waals surface area contributed by atoms with E-state index in [2.05, 4.69) is 102 Å². The molecule has 2 aromatic rings.